The number of hydrogen-bond acceptors (Lipinski definition) is 5. The monoisotopic (exact) mass is 350 g/mol. The Morgan fingerprint density at radius 1 is 0.958 bits per heavy atom. The van der Waals surface area contributed by atoms with Gasteiger partial charge >= 0.3 is 5.97 Å². The normalized spacial score (nSPS) is 11.6. The van der Waals surface area contributed by atoms with Gasteiger partial charge in [0, 0.05) is 12.1 Å². The molecule has 0 bridgehead atoms. The molecule has 0 spiro atoms. The molecule has 0 N–H and O–H groups in total. The Morgan fingerprint density at radius 2 is 1.50 bits per heavy atom. The first-order valence-corrected chi connectivity index (χ1v) is 7.82. The van der Waals surface area contributed by atoms with E-state index in [4.69, 9.17) is 30.5 Å². The van der Waals surface area contributed by atoms with Gasteiger partial charge in [0.1, 0.15) is 23.9 Å². The molecule has 1 atom stereocenters. The second-order valence-electron chi connectivity index (χ2n) is 4.95. The SMILES string of the molecule is COCCOC(=O)C(C)Oc1ccc(Oc2ccc(Cl)cc2)cc1. The van der Waals surface area contributed by atoms with Crippen LogP contribution in [0.3, 0.4) is 0 Å². The van der Waals surface area contributed by atoms with Gasteiger partial charge in [-0.1, -0.05) is 11.6 Å². The van der Waals surface area contributed by atoms with Crippen LogP contribution in [0.5, 0.6) is 17.2 Å². The number of carbonyl (C=O) groups excluding carboxylic acids is 1. The molecule has 128 valence electrons. The molecule has 0 aliphatic carbocycles. The minimum absolute atomic E-state index is 0.205. The highest BCUT2D eigenvalue weighted by molar-refractivity contribution is 6.30. The van der Waals surface area contributed by atoms with E-state index in [0.717, 1.165) is 0 Å². The van der Waals surface area contributed by atoms with E-state index in [2.05, 4.69) is 0 Å². The second-order valence-corrected chi connectivity index (χ2v) is 5.38. The summed E-state index contributed by atoms with van der Waals surface area (Å²) in [5.41, 5.74) is 0. The van der Waals surface area contributed by atoms with Gasteiger partial charge in [0.05, 0.1) is 6.61 Å². The second kappa shape index (κ2) is 9.15. The summed E-state index contributed by atoms with van der Waals surface area (Å²) < 4.78 is 21.0. The van der Waals surface area contributed by atoms with Gasteiger partial charge in [-0.3, -0.25) is 0 Å². The standard InChI is InChI=1S/C18H19ClO5/c1-13(18(20)22-12-11-21-2)23-15-7-9-17(10-8-15)24-16-5-3-14(19)4-6-16/h3-10,13H,11-12H2,1-2H3. The third-order valence-corrected chi connectivity index (χ3v) is 3.30. The van der Waals surface area contributed by atoms with Crippen molar-refractivity contribution >= 4 is 17.6 Å². The minimum atomic E-state index is -0.704. The molecule has 2 aromatic carbocycles. The average Bonchev–Trinajstić information content (AvgIpc) is 2.58. The zero-order valence-electron chi connectivity index (χ0n) is 13.5. The zero-order chi connectivity index (χ0) is 17.4. The molecule has 0 saturated heterocycles. The summed E-state index contributed by atoms with van der Waals surface area (Å²) >= 11 is 5.83. The summed E-state index contributed by atoms with van der Waals surface area (Å²) in [5.74, 6) is 1.45. The molecule has 0 saturated carbocycles. The fourth-order valence-electron chi connectivity index (χ4n) is 1.82. The molecule has 6 heteroatoms. The van der Waals surface area contributed by atoms with Crippen LogP contribution < -0.4 is 9.47 Å². The molecule has 1 unspecified atom stereocenters. The van der Waals surface area contributed by atoms with Crippen LogP contribution in [0.15, 0.2) is 48.5 Å². The smallest absolute Gasteiger partial charge is 0.347 e. The fraction of sp³-hybridized carbons (Fsp3) is 0.278. The van der Waals surface area contributed by atoms with Crippen LogP contribution in [0.4, 0.5) is 0 Å². The first kappa shape index (κ1) is 18.1. The van der Waals surface area contributed by atoms with E-state index >= 15 is 0 Å². The summed E-state index contributed by atoms with van der Waals surface area (Å²) in [6.45, 7) is 2.19. The summed E-state index contributed by atoms with van der Waals surface area (Å²) in [6.07, 6.45) is -0.704. The van der Waals surface area contributed by atoms with E-state index < -0.39 is 12.1 Å². The molecule has 0 fully saturated rings. The van der Waals surface area contributed by atoms with Crippen LogP contribution in [0.1, 0.15) is 6.92 Å². The highest BCUT2D eigenvalue weighted by Gasteiger charge is 2.16. The van der Waals surface area contributed by atoms with Crippen molar-refractivity contribution in [3.8, 4) is 17.2 Å². The third-order valence-electron chi connectivity index (χ3n) is 3.05. The van der Waals surface area contributed by atoms with Crippen molar-refractivity contribution in [3.05, 3.63) is 53.6 Å². The van der Waals surface area contributed by atoms with Crippen LogP contribution >= 0.6 is 11.6 Å². The predicted octanol–water partition coefficient (Wildman–Crippen LogP) is 4.09. The van der Waals surface area contributed by atoms with Crippen LogP contribution in [-0.4, -0.2) is 32.4 Å². The summed E-state index contributed by atoms with van der Waals surface area (Å²) in [6, 6.07) is 14.0. The van der Waals surface area contributed by atoms with Gasteiger partial charge in [-0.15, -0.1) is 0 Å². The molecule has 2 rings (SSSR count). The molecule has 2 aromatic rings. The van der Waals surface area contributed by atoms with Crippen molar-refractivity contribution in [2.45, 2.75) is 13.0 Å². The highest BCUT2D eigenvalue weighted by Crippen LogP contribution is 2.25. The Bertz CT molecular complexity index is 639. The van der Waals surface area contributed by atoms with E-state index in [9.17, 15) is 4.79 Å². The van der Waals surface area contributed by atoms with E-state index in [0.29, 0.717) is 28.9 Å². The Hall–Kier alpha value is -2.24. The van der Waals surface area contributed by atoms with Gasteiger partial charge in [-0.25, -0.2) is 4.79 Å². The molecule has 5 nitrogen and oxygen atoms in total. The number of carbonyl (C=O) groups is 1. The quantitative estimate of drug-likeness (QED) is 0.530. The number of esters is 1. The van der Waals surface area contributed by atoms with Crippen molar-refractivity contribution in [3.63, 3.8) is 0 Å². The Kier molecular flexibility index (Phi) is 6.90. The van der Waals surface area contributed by atoms with Gasteiger partial charge in [0.25, 0.3) is 0 Å². The number of rotatable bonds is 8. The largest absolute Gasteiger partial charge is 0.479 e. The van der Waals surface area contributed by atoms with Gasteiger partial charge in [0.15, 0.2) is 6.10 Å². The van der Waals surface area contributed by atoms with E-state index in [1.54, 1.807) is 62.6 Å². The van der Waals surface area contributed by atoms with Crippen molar-refractivity contribution in [1.29, 1.82) is 0 Å². The zero-order valence-corrected chi connectivity index (χ0v) is 14.3. The lowest BCUT2D eigenvalue weighted by Crippen LogP contribution is -2.27. The molecule has 0 radical (unpaired) electrons. The molecule has 0 aliphatic heterocycles. The first-order valence-electron chi connectivity index (χ1n) is 7.44. The maximum atomic E-state index is 11.7. The molecule has 0 heterocycles. The number of ether oxygens (including phenoxy) is 4. The topological polar surface area (TPSA) is 54.0 Å². The highest BCUT2D eigenvalue weighted by atomic mass is 35.5. The fourth-order valence-corrected chi connectivity index (χ4v) is 1.95. The molecule has 0 aromatic heterocycles. The van der Waals surface area contributed by atoms with E-state index in [-0.39, 0.29) is 6.61 Å². The number of benzene rings is 2. The first-order chi connectivity index (χ1) is 11.6. The summed E-state index contributed by atoms with van der Waals surface area (Å²) in [4.78, 5) is 11.7. The molecular weight excluding hydrogens is 332 g/mol. The Balaban J connectivity index is 1.87. The summed E-state index contributed by atoms with van der Waals surface area (Å²) in [7, 11) is 1.54. The Morgan fingerprint density at radius 3 is 2.08 bits per heavy atom. The minimum Gasteiger partial charge on any atom is -0.479 e. The lowest BCUT2D eigenvalue weighted by Gasteiger charge is -2.14. The maximum Gasteiger partial charge on any atom is 0.347 e. The third kappa shape index (κ3) is 5.76. The average molecular weight is 351 g/mol. The lowest BCUT2D eigenvalue weighted by molar-refractivity contribution is -0.152. The van der Waals surface area contributed by atoms with Crippen molar-refractivity contribution < 1.29 is 23.7 Å². The van der Waals surface area contributed by atoms with Crippen molar-refractivity contribution in [2.75, 3.05) is 20.3 Å². The van der Waals surface area contributed by atoms with Crippen molar-refractivity contribution in [2.24, 2.45) is 0 Å². The van der Waals surface area contributed by atoms with Crippen LogP contribution in [-0.2, 0) is 14.3 Å². The molecular formula is C18H19ClO5. The van der Waals surface area contributed by atoms with E-state index in [1.807, 2.05) is 0 Å². The van der Waals surface area contributed by atoms with Crippen LogP contribution in [0.2, 0.25) is 5.02 Å². The number of methoxy groups -OCH3 is 1. The molecule has 0 aliphatic rings. The number of halogens is 1. The molecule has 0 amide bonds. The van der Waals surface area contributed by atoms with Gasteiger partial charge in [0.2, 0.25) is 0 Å². The maximum absolute atomic E-state index is 11.7. The predicted molar refractivity (Wildman–Crippen MR) is 90.9 cm³/mol. The van der Waals surface area contributed by atoms with Gasteiger partial charge < -0.3 is 18.9 Å². The van der Waals surface area contributed by atoms with Crippen LogP contribution in [0, 0.1) is 0 Å². The molecule has 24 heavy (non-hydrogen) atoms. The van der Waals surface area contributed by atoms with Crippen molar-refractivity contribution in [1.82, 2.24) is 0 Å². The van der Waals surface area contributed by atoms with Gasteiger partial charge in [-0.05, 0) is 55.5 Å². The summed E-state index contributed by atoms with van der Waals surface area (Å²) in [5, 5.41) is 0.650. The van der Waals surface area contributed by atoms with Crippen LogP contribution in [0.25, 0.3) is 0 Å². The van der Waals surface area contributed by atoms with Gasteiger partial charge in [-0.2, -0.15) is 0 Å². The lowest BCUT2D eigenvalue weighted by atomic mass is 10.3. The number of hydrogen-bond donors (Lipinski definition) is 0. The van der Waals surface area contributed by atoms with E-state index in [1.165, 1.54) is 0 Å². The Labute approximate surface area is 146 Å².